The number of cyclic esters (lactones) is 1. The van der Waals surface area contributed by atoms with Gasteiger partial charge in [-0.2, -0.15) is 0 Å². The van der Waals surface area contributed by atoms with Gasteiger partial charge >= 0.3 is 5.97 Å². The zero-order valence-corrected chi connectivity index (χ0v) is 26.1. The second-order valence-electron chi connectivity index (χ2n) is 11.5. The van der Waals surface area contributed by atoms with Gasteiger partial charge in [0, 0.05) is 40.1 Å². The number of hydrogen-bond donors (Lipinski definition) is 3. The van der Waals surface area contributed by atoms with Crippen LogP contribution in [0.1, 0.15) is 46.5 Å². The number of methoxy groups -OCH3 is 3. The lowest BCUT2D eigenvalue weighted by Crippen LogP contribution is -2.63. The Labute approximate surface area is 249 Å². The predicted octanol–water partition coefficient (Wildman–Crippen LogP) is 1.20. The predicted molar refractivity (Wildman–Crippen MR) is 153 cm³/mol. The maximum Gasteiger partial charge on any atom is 0.308 e. The van der Waals surface area contributed by atoms with Crippen LogP contribution in [0.5, 0.6) is 0 Å². The van der Waals surface area contributed by atoms with Crippen LogP contribution in [-0.2, 0) is 38.0 Å². The van der Waals surface area contributed by atoms with Crippen LogP contribution < -0.4 is 0 Å². The van der Waals surface area contributed by atoms with Gasteiger partial charge in [0.1, 0.15) is 18.3 Å². The molecule has 1 fully saturated rings. The summed E-state index contributed by atoms with van der Waals surface area (Å²) in [6.45, 7) is 5.20. The number of hydrogen-bond acceptors (Lipinski definition) is 12. The fourth-order valence-electron chi connectivity index (χ4n) is 5.60. The first-order chi connectivity index (χ1) is 19.8. The number of allylic oxidation sites excluding steroid dienone is 3. The van der Waals surface area contributed by atoms with Gasteiger partial charge in [0.2, 0.25) is 0 Å². The van der Waals surface area contributed by atoms with Gasteiger partial charge in [-0.15, -0.1) is 0 Å². The van der Waals surface area contributed by atoms with E-state index in [1.807, 2.05) is 0 Å². The first-order valence-electron chi connectivity index (χ1n) is 14.5. The molecule has 0 radical (unpaired) electrons. The molecule has 1 saturated heterocycles. The topological polar surface area (TPSA) is 153 Å². The maximum atomic E-state index is 13.1. The van der Waals surface area contributed by atoms with E-state index in [0.717, 1.165) is 0 Å². The van der Waals surface area contributed by atoms with Crippen LogP contribution in [-0.4, -0.2) is 129 Å². The van der Waals surface area contributed by atoms with Crippen molar-refractivity contribution in [2.45, 2.75) is 108 Å². The third kappa shape index (κ3) is 10.2. The van der Waals surface area contributed by atoms with Crippen LogP contribution >= 0.6 is 0 Å². The van der Waals surface area contributed by atoms with Gasteiger partial charge < -0.3 is 48.6 Å². The lowest BCUT2D eigenvalue weighted by molar-refractivity contribution is -0.311. The summed E-state index contributed by atoms with van der Waals surface area (Å²) in [4.78, 5) is 27.5. The van der Waals surface area contributed by atoms with Gasteiger partial charge in [-0.3, -0.25) is 9.59 Å². The molecule has 2 rings (SSSR count). The van der Waals surface area contributed by atoms with E-state index < -0.39 is 79.2 Å². The number of aliphatic hydroxyl groups excluding tert-OH is 3. The number of rotatable bonds is 8. The van der Waals surface area contributed by atoms with Crippen LogP contribution in [0.4, 0.5) is 0 Å². The molecule has 0 amide bonds. The number of ketones is 1. The number of ether oxygens (including phenoxy) is 6. The number of nitrogens with zero attached hydrogens (tertiary/aromatic N) is 1. The minimum Gasteiger partial charge on any atom is -0.462 e. The highest BCUT2D eigenvalue weighted by Crippen LogP contribution is 2.34. The second kappa shape index (κ2) is 17.5. The maximum absolute atomic E-state index is 13.1. The Hall–Kier alpha value is -1.74. The smallest absolute Gasteiger partial charge is 0.308 e. The van der Waals surface area contributed by atoms with Crippen LogP contribution in [0, 0.1) is 11.8 Å². The zero-order valence-electron chi connectivity index (χ0n) is 26.1. The van der Waals surface area contributed by atoms with Gasteiger partial charge in [0.15, 0.2) is 18.4 Å². The molecule has 0 bridgehead atoms. The summed E-state index contributed by atoms with van der Waals surface area (Å²) < 4.78 is 34.6. The minimum atomic E-state index is -1.37. The third-order valence-corrected chi connectivity index (χ3v) is 7.98. The Morgan fingerprint density at radius 2 is 1.67 bits per heavy atom. The van der Waals surface area contributed by atoms with Crippen molar-refractivity contribution in [3.63, 3.8) is 0 Å². The van der Waals surface area contributed by atoms with Crippen LogP contribution in [0.3, 0.4) is 0 Å². The summed E-state index contributed by atoms with van der Waals surface area (Å²) >= 11 is 0. The average molecular weight is 602 g/mol. The van der Waals surface area contributed by atoms with E-state index >= 15 is 0 Å². The molecule has 12 nitrogen and oxygen atoms in total. The molecule has 2 aliphatic rings. The molecule has 3 N–H and O–H groups in total. The molecule has 0 unspecified atom stereocenters. The quantitative estimate of drug-likeness (QED) is 0.271. The summed E-state index contributed by atoms with van der Waals surface area (Å²) in [5, 5.41) is 33.3. The van der Waals surface area contributed by atoms with Gasteiger partial charge in [0.05, 0.1) is 36.9 Å². The van der Waals surface area contributed by atoms with Gasteiger partial charge in [-0.1, -0.05) is 25.2 Å². The van der Waals surface area contributed by atoms with Crippen molar-refractivity contribution < 1.29 is 53.3 Å². The average Bonchev–Trinajstić information content (AvgIpc) is 2.92. The van der Waals surface area contributed by atoms with Crippen LogP contribution in [0.25, 0.3) is 0 Å². The van der Waals surface area contributed by atoms with Crippen molar-refractivity contribution in [3.8, 4) is 0 Å². The molecule has 42 heavy (non-hydrogen) atoms. The normalized spacial score (nSPS) is 39.3. The van der Waals surface area contributed by atoms with Crippen molar-refractivity contribution in [3.05, 3.63) is 24.3 Å². The fraction of sp³-hybridized carbons (Fsp3) is 0.800. The Morgan fingerprint density at radius 1 is 1.00 bits per heavy atom. The second-order valence-corrected chi connectivity index (χ2v) is 11.5. The lowest BCUT2D eigenvalue weighted by Gasteiger charge is -2.47. The minimum absolute atomic E-state index is 0.116. The number of carbonyl (C=O) groups is 2. The van der Waals surface area contributed by atoms with E-state index in [-0.39, 0.29) is 25.0 Å². The molecular weight excluding hydrogens is 550 g/mol. The Bertz CT molecular complexity index is 892. The third-order valence-electron chi connectivity index (χ3n) is 7.98. The summed E-state index contributed by atoms with van der Waals surface area (Å²) in [5.41, 5.74) is 0. The number of aliphatic hydroxyl groups is 3. The molecule has 0 aromatic rings. The Kier molecular flexibility index (Phi) is 15.2. The van der Waals surface area contributed by atoms with Crippen molar-refractivity contribution >= 4 is 11.8 Å². The summed E-state index contributed by atoms with van der Waals surface area (Å²) in [6.07, 6.45) is -1.61. The summed E-state index contributed by atoms with van der Waals surface area (Å²) in [7, 11) is 7.82. The SMILES string of the molecule is COC(C[C@H]1C[C@@H](C)C(=O)/C=C/C=C/C[C@@H](C)OC(=O)C[C@@H](O)[C@H](OC)[C@H]1O[C@@H]1O[C@H](C)[C@@H](O)[C@H](N(C)C)[C@H]1O)OC. The molecule has 0 aromatic heterocycles. The molecule has 0 saturated carbocycles. The summed E-state index contributed by atoms with van der Waals surface area (Å²) in [6, 6.07) is -0.713. The van der Waals surface area contributed by atoms with Crippen LogP contribution in [0.15, 0.2) is 24.3 Å². The summed E-state index contributed by atoms with van der Waals surface area (Å²) in [5.74, 6) is -1.75. The first kappa shape index (κ1) is 36.5. The van der Waals surface area contributed by atoms with Gasteiger partial charge in [-0.05, 0) is 46.4 Å². The zero-order chi connectivity index (χ0) is 31.6. The molecular formula is C30H51NO11. The van der Waals surface area contributed by atoms with E-state index in [0.29, 0.717) is 6.42 Å². The standard InChI is InChI=1S/C30H51NO11/c1-17-14-20(15-24(37-6)38-7)28(42-30-27(36)25(31(4)5)26(35)19(3)41-30)29(39-8)22(33)16-23(34)40-18(2)12-10-9-11-13-21(17)32/h9-11,13,17-20,22,24-30,33,35-36H,12,14-16H2,1-8H3/b10-9+,13-11+/t17-,18-,19-,20-,22-,25+,26-,27-,28+,29+,30+/m1/s1. The fourth-order valence-corrected chi connectivity index (χ4v) is 5.60. The molecule has 0 aliphatic carbocycles. The van der Waals surface area contributed by atoms with E-state index in [1.165, 1.54) is 27.4 Å². The van der Waals surface area contributed by atoms with Gasteiger partial charge in [0.25, 0.3) is 0 Å². The molecule has 2 heterocycles. The highest BCUT2D eigenvalue weighted by Gasteiger charge is 2.48. The lowest BCUT2D eigenvalue weighted by atomic mass is 9.82. The van der Waals surface area contributed by atoms with E-state index in [4.69, 9.17) is 28.4 Å². The number of carbonyl (C=O) groups excluding carboxylic acids is 2. The first-order valence-corrected chi connectivity index (χ1v) is 14.5. The highest BCUT2D eigenvalue weighted by atomic mass is 16.7. The molecule has 242 valence electrons. The number of likely N-dealkylation sites (N-methyl/N-ethyl adjacent to an activating group) is 1. The molecule has 11 atom stereocenters. The molecule has 2 aliphatic heterocycles. The number of esters is 1. The molecule has 12 heteroatoms. The van der Waals surface area contributed by atoms with Crippen molar-refractivity contribution in [1.29, 1.82) is 0 Å². The molecule has 0 aromatic carbocycles. The Morgan fingerprint density at radius 3 is 2.26 bits per heavy atom. The molecule has 0 spiro atoms. The highest BCUT2D eigenvalue weighted by molar-refractivity contribution is 5.91. The van der Waals surface area contributed by atoms with E-state index in [9.17, 15) is 24.9 Å². The van der Waals surface area contributed by atoms with Gasteiger partial charge in [-0.25, -0.2) is 0 Å². The van der Waals surface area contributed by atoms with Crippen molar-refractivity contribution in [2.75, 3.05) is 35.4 Å². The van der Waals surface area contributed by atoms with E-state index in [2.05, 4.69) is 0 Å². The Balaban J connectivity index is 2.58. The monoisotopic (exact) mass is 601 g/mol. The largest absolute Gasteiger partial charge is 0.462 e. The van der Waals surface area contributed by atoms with E-state index in [1.54, 1.807) is 58.0 Å². The van der Waals surface area contributed by atoms with Crippen molar-refractivity contribution in [2.24, 2.45) is 11.8 Å². The van der Waals surface area contributed by atoms with Crippen molar-refractivity contribution in [1.82, 2.24) is 4.90 Å². The van der Waals surface area contributed by atoms with Crippen LogP contribution in [0.2, 0.25) is 0 Å².